The predicted octanol–water partition coefficient (Wildman–Crippen LogP) is -0.777. The van der Waals surface area contributed by atoms with Crippen LogP contribution in [0.1, 0.15) is 27.2 Å². The zero-order chi connectivity index (χ0) is 15.1. The van der Waals surface area contributed by atoms with Crippen LogP contribution in [-0.4, -0.2) is 59.3 Å². The molecule has 0 aliphatic heterocycles. The van der Waals surface area contributed by atoms with Gasteiger partial charge in [0.15, 0.2) is 6.10 Å². The molecule has 3 N–H and O–H groups in total. The number of rotatable bonds is 8. The van der Waals surface area contributed by atoms with E-state index >= 15 is 0 Å². The second-order valence-corrected chi connectivity index (χ2v) is 4.82. The third kappa shape index (κ3) is 6.51. The Morgan fingerprint density at radius 3 is 2.16 bits per heavy atom. The van der Waals surface area contributed by atoms with E-state index in [1.165, 1.54) is 0 Å². The molecule has 0 spiro atoms. The summed E-state index contributed by atoms with van der Waals surface area (Å²) in [5.74, 6) is -1.49. The standard InChI is InChI=1S/C12H22O7/c1-4-12(2,3)11(17)19-7-8(14)6-18-10(16)9(15)5-13/h8-9,13-15H,4-7H2,1-3H3. The highest BCUT2D eigenvalue weighted by Crippen LogP contribution is 2.21. The summed E-state index contributed by atoms with van der Waals surface area (Å²) in [6.07, 6.45) is -2.21. The number of carbonyl (C=O) groups is 2. The normalized spacial score (nSPS) is 14.6. The monoisotopic (exact) mass is 278 g/mol. The van der Waals surface area contributed by atoms with Crippen molar-refractivity contribution in [3.63, 3.8) is 0 Å². The van der Waals surface area contributed by atoms with Crippen LogP contribution in [-0.2, 0) is 19.1 Å². The number of aliphatic hydroxyl groups is 3. The first-order valence-electron chi connectivity index (χ1n) is 6.05. The summed E-state index contributed by atoms with van der Waals surface area (Å²) in [7, 11) is 0. The van der Waals surface area contributed by atoms with Crippen molar-refractivity contribution in [1.29, 1.82) is 0 Å². The fourth-order valence-corrected chi connectivity index (χ4v) is 0.909. The zero-order valence-corrected chi connectivity index (χ0v) is 11.5. The lowest BCUT2D eigenvalue weighted by Crippen LogP contribution is -2.33. The topological polar surface area (TPSA) is 113 Å². The van der Waals surface area contributed by atoms with Gasteiger partial charge < -0.3 is 24.8 Å². The Hall–Kier alpha value is -1.18. The van der Waals surface area contributed by atoms with Crippen molar-refractivity contribution < 1.29 is 34.4 Å². The Bertz CT molecular complexity index is 300. The minimum absolute atomic E-state index is 0.301. The van der Waals surface area contributed by atoms with Crippen LogP contribution in [0.15, 0.2) is 0 Å². The zero-order valence-electron chi connectivity index (χ0n) is 11.5. The molecule has 112 valence electrons. The maximum absolute atomic E-state index is 11.6. The Labute approximate surface area is 112 Å². The number of aliphatic hydroxyl groups excluding tert-OH is 3. The average Bonchev–Trinajstić information content (AvgIpc) is 2.40. The minimum Gasteiger partial charge on any atom is -0.462 e. The highest BCUT2D eigenvalue weighted by molar-refractivity contribution is 5.76. The van der Waals surface area contributed by atoms with Gasteiger partial charge in [0, 0.05) is 0 Å². The molecule has 0 saturated heterocycles. The van der Waals surface area contributed by atoms with Gasteiger partial charge in [0.1, 0.15) is 19.3 Å². The van der Waals surface area contributed by atoms with Gasteiger partial charge in [-0.25, -0.2) is 4.79 Å². The molecule has 0 heterocycles. The lowest BCUT2D eigenvalue weighted by atomic mass is 9.91. The van der Waals surface area contributed by atoms with Gasteiger partial charge >= 0.3 is 11.9 Å². The first-order chi connectivity index (χ1) is 8.74. The molecule has 0 aromatic rings. The predicted molar refractivity (Wildman–Crippen MR) is 65.1 cm³/mol. The molecule has 0 aromatic carbocycles. The molecule has 0 saturated carbocycles. The summed E-state index contributed by atoms with van der Waals surface area (Å²) in [6, 6.07) is 0. The van der Waals surface area contributed by atoms with E-state index in [1.54, 1.807) is 13.8 Å². The summed E-state index contributed by atoms with van der Waals surface area (Å²) < 4.78 is 9.40. The van der Waals surface area contributed by atoms with E-state index in [1.807, 2.05) is 6.92 Å². The molecule has 0 rings (SSSR count). The quantitative estimate of drug-likeness (QED) is 0.499. The van der Waals surface area contributed by atoms with E-state index in [9.17, 15) is 14.7 Å². The minimum atomic E-state index is -1.63. The first kappa shape index (κ1) is 17.8. The van der Waals surface area contributed by atoms with Crippen molar-refractivity contribution in [3.8, 4) is 0 Å². The Morgan fingerprint density at radius 1 is 1.16 bits per heavy atom. The summed E-state index contributed by atoms with van der Waals surface area (Å²) in [5, 5.41) is 26.8. The van der Waals surface area contributed by atoms with Crippen molar-refractivity contribution in [2.75, 3.05) is 19.8 Å². The van der Waals surface area contributed by atoms with Crippen LogP contribution >= 0.6 is 0 Å². The molecule has 2 atom stereocenters. The van der Waals surface area contributed by atoms with Gasteiger partial charge in [0.05, 0.1) is 12.0 Å². The van der Waals surface area contributed by atoms with Crippen molar-refractivity contribution in [1.82, 2.24) is 0 Å². The highest BCUT2D eigenvalue weighted by Gasteiger charge is 2.27. The highest BCUT2D eigenvalue weighted by atomic mass is 16.6. The summed E-state index contributed by atoms with van der Waals surface area (Å²) in [4.78, 5) is 22.5. The smallest absolute Gasteiger partial charge is 0.337 e. The number of esters is 2. The molecule has 0 fully saturated rings. The van der Waals surface area contributed by atoms with E-state index in [2.05, 4.69) is 4.74 Å². The van der Waals surface area contributed by atoms with Crippen molar-refractivity contribution >= 4 is 11.9 Å². The second-order valence-electron chi connectivity index (χ2n) is 4.82. The van der Waals surface area contributed by atoms with E-state index < -0.39 is 42.8 Å². The first-order valence-corrected chi connectivity index (χ1v) is 6.05. The molecular formula is C12H22O7. The van der Waals surface area contributed by atoms with Crippen LogP contribution in [0.2, 0.25) is 0 Å². The lowest BCUT2D eigenvalue weighted by molar-refractivity contribution is -0.163. The molecular weight excluding hydrogens is 256 g/mol. The number of ether oxygens (including phenoxy) is 2. The molecule has 2 unspecified atom stereocenters. The molecule has 0 aromatic heterocycles. The summed E-state index contributed by atoms with van der Waals surface area (Å²) in [6.45, 7) is 3.81. The van der Waals surface area contributed by atoms with Gasteiger partial charge in [0.2, 0.25) is 0 Å². The second kappa shape index (κ2) is 8.08. The van der Waals surface area contributed by atoms with E-state index in [0.717, 1.165) is 0 Å². The van der Waals surface area contributed by atoms with Gasteiger partial charge in [-0.05, 0) is 20.3 Å². The number of hydrogen-bond donors (Lipinski definition) is 3. The van der Waals surface area contributed by atoms with Crippen LogP contribution in [0.25, 0.3) is 0 Å². The van der Waals surface area contributed by atoms with Crippen LogP contribution in [0.3, 0.4) is 0 Å². The average molecular weight is 278 g/mol. The number of carbonyl (C=O) groups excluding carboxylic acids is 2. The Kier molecular flexibility index (Phi) is 7.58. The van der Waals surface area contributed by atoms with Crippen molar-refractivity contribution in [3.05, 3.63) is 0 Å². The molecule has 19 heavy (non-hydrogen) atoms. The Balaban J connectivity index is 3.97. The van der Waals surface area contributed by atoms with Crippen molar-refractivity contribution in [2.45, 2.75) is 39.4 Å². The van der Waals surface area contributed by atoms with Crippen LogP contribution in [0.4, 0.5) is 0 Å². The van der Waals surface area contributed by atoms with Gasteiger partial charge in [-0.2, -0.15) is 0 Å². The molecule has 0 aliphatic rings. The molecule has 0 aliphatic carbocycles. The van der Waals surface area contributed by atoms with Gasteiger partial charge in [0.25, 0.3) is 0 Å². The fourth-order valence-electron chi connectivity index (χ4n) is 0.909. The maximum Gasteiger partial charge on any atom is 0.337 e. The van der Waals surface area contributed by atoms with Gasteiger partial charge in [-0.15, -0.1) is 0 Å². The molecule has 7 nitrogen and oxygen atoms in total. The van der Waals surface area contributed by atoms with Gasteiger partial charge in [-0.1, -0.05) is 6.92 Å². The van der Waals surface area contributed by atoms with E-state index in [-0.39, 0.29) is 6.61 Å². The largest absolute Gasteiger partial charge is 0.462 e. The number of hydrogen-bond acceptors (Lipinski definition) is 7. The van der Waals surface area contributed by atoms with Gasteiger partial charge in [-0.3, -0.25) is 4.79 Å². The SMILES string of the molecule is CCC(C)(C)C(=O)OCC(O)COC(=O)C(O)CO. The Morgan fingerprint density at radius 2 is 1.68 bits per heavy atom. The molecule has 0 bridgehead atoms. The van der Waals surface area contributed by atoms with Crippen LogP contribution < -0.4 is 0 Å². The third-order valence-electron chi connectivity index (χ3n) is 2.71. The lowest BCUT2D eigenvalue weighted by Gasteiger charge is -2.21. The van der Waals surface area contributed by atoms with E-state index in [4.69, 9.17) is 14.9 Å². The molecule has 0 amide bonds. The fraction of sp³-hybridized carbons (Fsp3) is 0.833. The van der Waals surface area contributed by atoms with Crippen molar-refractivity contribution in [2.24, 2.45) is 5.41 Å². The maximum atomic E-state index is 11.6. The third-order valence-corrected chi connectivity index (χ3v) is 2.71. The van der Waals surface area contributed by atoms with E-state index in [0.29, 0.717) is 6.42 Å². The molecule has 7 heteroatoms. The van der Waals surface area contributed by atoms with Crippen LogP contribution in [0.5, 0.6) is 0 Å². The summed E-state index contributed by atoms with van der Waals surface area (Å²) in [5.41, 5.74) is -0.635. The summed E-state index contributed by atoms with van der Waals surface area (Å²) >= 11 is 0. The van der Waals surface area contributed by atoms with Crippen LogP contribution in [0, 0.1) is 5.41 Å². The molecule has 0 radical (unpaired) electrons.